The summed E-state index contributed by atoms with van der Waals surface area (Å²) in [5, 5.41) is 7.54. The molecule has 1 spiro atoms. The molecule has 5 N–H and O–H groups in total. The summed E-state index contributed by atoms with van der Waals surface area (Å²) in [6.07, 6.45) is 4.57. The van der Waals surface area contributed by atoms with Crippen LogP contribution in [0.3, 0.4) is 0 Å². The van der Waals surface area contributed by atoms with E-state index in [1.54, 1.807) is 4.68 Å². The van der Waals surface area contributed by atoms with Crippen molar-refractivity contribution >= 4 is 18.1 Å². The molecule has 2 amide bonds. The highest BCUT2D eigenvalue weighted by molar-refractivity contribution is 6.03. The smallest absolute Gasteiger partial charge is 0.254 e. The Morgan fingerprint density at radius 1 is 1.06 bits per heavy atom. The number of nitrogens with two attached hydrogens (primary N) is 2. The van der Waals surface area contributed by atoms with E-state index in [1.807, 2.05) is 54.6 Å². The van der Waals surface area contributed by atoms with E-state index in [2.05, 4.69) is 5.32 Å². The van der Waals surface area contributed by atoms with Crippen molar-refractivity contribution in [2.75, 3.05) is 5.73 Å². The van der Waals surface area contributed by atoms with Gasteiger partial charge in [-0.1, -0.05) is 18.2 Å². The first-order chi connectivity index (χ1) is 15.5. The summed E-state index contributed by atoms with van der Waals surface area (Å²) in [5.41, 5.74) is 13.7. The van der Waals surface area contributed by atoms with Gasteiger partial charge in [-0.15, -0.1) is 0 Å². The third kappa shape index (κ3) is 3.47. The van der Waals surface area contributed by atoms with E-state index in [9.17, 15) is 9.59 Å². The van der Waals surface area contributed by atoms with Crippen molar-refractivity contribution in [3.8, 4) is 22.8 Å². The molecule has 2 aliphatic rings. The van der Waals surface area contributed by atoms with Gasteiger partial charge in [-0.2, -0.15) is 5.10 Å². The van der Waals surface area contributed by atoms with Crippen LogP contribution >= 0.6 is 0 Å². The molecule has 5 rings (SSSR count). The van der Waals surface area contributed by atoms with Gasteiger partial charge in [0.25, 0.3) is 5.91 Å². The van der Waals surface area contributed by atoms with Crippen LogP contribution < -0.4 is 21.5 Å². The highest BCUT2D eigenvalue weighted by Gasteiger charge is 2.54. The molecule has 0 atom stereocenters. The lowest BCUT2D eigenvalue weighted by Gasteiger charge is -2.57. The van der Waals surface area contributed by atoms with Crippen molar-refractivity contribution in [2.24, 2.45) is 11.1 Å². The van der Waals surface area contributed by atoms with Gasteiger partial charge in [-0.05, 0) is 67.5 Å². The average molecular weight is 431 g/mol. The fraction of sp³-hybridized carbons (Fsp3) is 0.292. The van der Waals surface area contributed by atoms with E-state index in [1.165, 1.54) is 0 Å². The Labute approximate surface area is 185 Å². The molecule has 0 aliphatic heterocycles. The molecule has 8 nitrogen and oxygen atoms in total. The highest BCUT2D eigenvalue weighted by Crippen LogP contribution is 2.60. The monoisotopic (exact) mass is 431 g/mol. The lowest BCUT2D eigenvalue weighted by atomic mass is 9.52. The molecule has 32 heavy (non-hydrogen) atoms. The van der Waals surface area contributed by atoms with E-state index in [0.717, 1.165) is 43.4 Å². The molecule has 2 fully saturated rings. The summed E-state index contributed by atoms with van der Waals surface area (Å²) >= 11 is 0. The number of benzene rings is 2. The minimum Gasteiger partial charge on any atom is -0.457 e. The van der Waals surface area contributed by atoms with E-state index in [4.69, 9.17) is 21.3 Å². The second-order valence-electron chi connectivity index (χ2n) is 8.81. The summed E-state index contributed by atoms with van der Waals surface area (Å²) in [5.74, 6) is 1.13. The van der Waals surface area contributed by atoms with E-state index in [0.29, 0.717) is 17.3 Å². The molecule has 1 aromatic heterocycles. The molecular weight excluding hydrogens is 406 g/mol. The minimum absolute atomic E-state index is 0.125. The zero-order chi connectivity index (χ0) is 22.3. The molecule has 2 aliphatic carbocycles. The molecule has 1 heterocycles. The molecule has 3 aromatic rings. The van der Waals surface area contributed by atoms with Gasteiger partial charge in [0.1, 0.15) is 28.6 Å². The zero-order valence-corrected chi connectivity index (χ0v) is 17.5. The Bertz CT molecular complexity index is 1140. The highest BCUT2D eigenvalue weighted by atomic mass is 16.5. The second-order valence-corrected chi connectivity index (χ2v) is 8.81. The Kier molecular flexibility index (Phi) is 4.84. The number of rotatable bonds is 7. The first-order valence-corrected chi connectivity index (χ1v) is 10.7. The molecule has 2 saturated carbocycles. The van der Waals surface area contributed by atoms with Gasteiger partial charge in [0.2, 0.25) is 6.41 Å². The average Bonchev–Trinajstić information content (AvgIpc) is 3.07. The maximum absolute atomic E-state index is 12.2. The lowest BCUT2D eigenvalue weighted by Crippen LogP contribution is -2.55. The third-order valence-electron chi connectivity index (χ3n) is 6.65. The normalized spacial score (nSPS) is 23.8. The summed E-state index contributed by atoms with van der Waals surface area (Å²) < 4.78 is 7.58. The van der Waals surface area contributed by atoms with Crippen LogP contribution in [0.15, 0.2) is 54.6 Å². The fourth-order valence-electron chi connectivity index (χ4n) is 5.12. The number of carbonyl (C=O) groups excluding carboxylic acids is 2. The molecule has 0 bridgehead atoms. The van der Waals surface area contributed by atoms with Gasteiger partial charge >= 0.3 is 0 Å². The Morgan fingerprint density at radius 3 is 2.34 bits per heavy atom. The number of carbonyl (C=O) groups is 2. The standard InChI is InChI=1S/C24H25N5O3/c25-22-20(23(26)31)21(15-6-8-19(9-7-15)32-18-4-2-1-3-5-18)28-29(22)17-12-24(13-17)10-16(11-24)27-14-30/h1-9,14,16-17H,10-13,25H2,(H2,26,31)(H,27,30). The number of ether oxygens (including phenoxy) is 1. The van der Waals surface area contributed by atoms with Gasteiger partial charge in [0.15, 0.2) is 0 Å². The van der Waals surface area contributed by atoms with Gasteiger partial charge in [-0.3, -0.25) is 9.59 Å². The molecule has 0 radical (unpaired) electrons. The minimum atomic E-state index is -0.596. The van der Waals surface area contributed by atoms with Gasteiger partial charge in [-0.25, -0.2) is 4.68 Å². The maximum atomic E-state index is 12.2. The number of anilines is 1. The SMILES string of the molecule is NC(=O)c1c(-c2ccc(Oc3ccccc3)cc2)nn(C2CC3(CC(NC=O)C3)C2)c1N. The summed E-state index contributed by atoms with van der Waals surface area (Å²) in [6, 6.07) is 17.2. The number of aromatic nitrogens is 2. The van der Waals surface area contributed by atoms with E-state index >= 15 is 0 Å². The summed E-state index contributed by atoms with van der Waals surface area (Å²) in [4.78, 5) is 22.8. The first kappa shape index (κ1) is 20.1. The Hall–Kier alpha value is -3.81. The number of hydrogen-bond donors (Lipinski definition) is 3. The lowest BCUT2D eigenvalue weighted by molar-refractivity contribution is -0.113. The summed E-state index contributed by atoms with van der Waals surface area (Å²) in [7, 11) is 0. The fourth-order valence-corrected chi connectivity index (χ4v) is 5.12. The molecule has 164 valence electrons. The molecule has 8 heteroatoms. The summed E-state index contributed by atoms with van der Waals surface area (Å²) in [6.45, 7) is 0. The predicted octanol–water partition coefficient (Wildman–Crippen LogP) is 3.25. The van der Waals surface area contributed by atoms with E-state index < -0.39 is 5.91 Å². The van der Waals surface area contributed by atoms with Crippen LogP contribution in [-0.2, 0) is 4.79 Å². The van der Waals surface area contributed by atoms with Gasteiger partial charge in [0, 0.05) is 11.6 Å². The number of primary amides is 1. The van der Waals surface area contributed by atoms with Crippen molar-refractivity contribution in [3.63, 3.8) is 0 Å². The van der Waals surface area contributed by atoms with E-state index in [-0.39, 0.29) is 23.1 Å². The number of nitrogens with zero attached hydrogens (tertiary/aromatic N) is 2. The first-order valence-electron chi connectivity index (χ1n) is 10.7. The zero-order valence-electron chi connectivity index (χ0n) is 17.5. The van der Waals surface area contributed by atoms with Crippen LogP contribution in [0.2, 0.25) is 0 Å². The van der Waals surface area contributed by atoms with Crippen molar-refractivity contribution in [3.05, 3.63) is 60.2 Å². The Morgan fingerprint density at radius 2 is 1.72 bits per heavy atom. The number of nitrogens with one attached hydrogen (secondary N) is 1. The maximum Gasteiger partial charge on any atom is 0.254 e. The molecular formula is C24H25N5O3. The largest absolute Gasteiger partial charge is 0.457 e. The number of para-hydroxylation sites is 1. The molecule has 2 aromatic carbocycles. The van der Waals surface area contributed by atoms with Crippen LogP contribution in [-0.4, -0.2) is 28.1 Å². The third-order valence-corrected chi connectivity index (χ3v) is 6.65. The molecule has 0 saturated heterocycles. The van der Waals surface area contributed by atoms with Crippen LogP contribution in [0.25, 0.3) is 11.3 Å². The van der Waals surface area contributed by atoms with Crippen molar-refractivity contribution < 1.29 is 14.3 Å². The quantitative estimate of drug-likeness (QED) is 0.495. The Balaban J connectivity index is 1.35. The van der Waals surface area contributed by atoms with Crippen molar-refractivity contribution in [2.45, 2.75) is 37.8 Å². The van der Waals surface area contributed by atoms with Crippen molar-refractivity contribution in [1.29, 1.82) is 0 Å². The van der Waals surface area contributed by atoms with Crippen LogP contribution in [0, 0.1) is 5.41 Å². The number of nitrogen functional groups attached to an aromatic ring is 1. The van der Waals surface area contributed by atoms with Crippen LogP contribution in [0.4, 0.5) is 5.82 Å². The van der Waals surface area contributed by atoms with Gasteiger partial charge in [0.05, 0.1) is 6.04 Å². The second kappa shape index (κ2) is 7.71. The van der Waals surface area contributed by atoms with Crippen LogP contribution in [0.5, 0.6) is 11.5 Å². The topological polar surface area (TPSA) is 125 Å². The predicted molar refractivity (Wildman–Crippen MR) is 120 cm³/mol. The number of amides is 2. The molecule has 0 unspecified atom stereocenters. The van der Waals surface area contributed by atoms with Gasteiger partial charge < -0.3 is 21.5 Å². The number of hydrogen-bond acceptors (Lipinski definition) is 5. The van der Waals surface area contributed by atoms with Crippen molar-refractivity contribution in [1.82, 2.24) is 15.1 Å². The van der Waals surface area contributed by atoms with Crippen LogP contribution in [0.1, 0.15) is 42.1 Å².